The Labute approximate surface area is 208 Å². The third-order valence-electron chi connectivity index (χ3n) is 5.00. The molecule has 3 amide bonds. The van der Waals surface area contributed by atoms with E-state index in [-0.39, 0.29) is 19.0 Å². The molecule has 0 spiro atoms. The van der Waals surface area contributed by atoms with Gasteiger partial charge < -0.3 is 25.0 Å². The molecule has 0 aromatic heterocycles. The Hall–Kier alpha value is -3.10. The molecule has 0 aliphatic carbocycles. The van der Waals surface area contributed by atoms with Crippen molar-refractivity contribution in [1.82, 2.24) is 15.5 Å². The molecule has 0 aliphatic heterocycles. The molecule has 1 rings (SSSR count). The molecule has 9 nitrogen and oxygen atoms in total. The van der Waals surface area contributed by atoms with Gasteiger partial charge >= 0.3 is 12.1 Å². The van der Waals surface area contributed by atoms with Crippen molar-refractivity contribution >= 4 is 23.9 Å². The second-order valence-corrected chi connectivity index (χ2v) is 9.97. The van der Waals surface area contributed by atoms with Crippen molar-refractivity contribution in [1.29, 1.82) is 0 Å². The molecular weight excluding hydrogens is 450 g/mol. The van der Waals surface area contributed by atoms with Gasteiger partial charge in [0.05, 0.1) is 7.11 Å². The first-order valence-corrected chi connectivity index (χ1v) is 12.0. The van der Waals surface area contributed by atoms with Crippen molar-refractivity contribution in [2.24, 2.45) is 5.92 Å². The van der Waals surface area contributed by atoms with Crippen LogP contribution in [0.5, 0.6) is 0 Å². The quantitative estimate of drug-likeness (QED) is 0.458. The van der Waals surface area contributed by atoms with Crippen molar-refractivity contribution in [3.63, 3.8) is 0 Å². The summed E-state index contributed by atoms with van der Waals surface area (Å²) in [6, 6.07) is 5.41. The molecule has 9 heteroatoms. The highest BCUT2D eigenvalue weighted by molar-refractivity contribution is 5.93. The number of rotatable bonds is 11. The lowest BCUT2D eigenvalue weighted by Gasteiger charge is -2.34. The number of nitrogens with one attached hydrogen (secondary N) is 2. The minimum Gasteiger partial charge on any atom is -0.468 e. The Morgan fingerprint density at radius 2 is 1.77 bits per heavy atom. The van der Waals surface area contributed by atoms with Crippen LogP contribution in [-0.2, 0) is 23.9 Å². The Morgan fingerprint density at radius 1 is 1.11 bits per heavy atom. The number of amides is 3. The topological polar surface area (TPSA) is 114 Å². The van der Waals surface area contributed by atoms with Crippen molar-refractivity contribution in [3.05, 3.63) is 35.4 Å². The summed E-state index contributed by atoms with van der Waals surface area (Å²) in [6.07, 6.45) is 0.247. The standard InChI is InChI=1S/C26H41N3O6/c1-9-13-29(24(32)20(14-17(2)3)28-25(33)35-26(5,6)7)22(19-12-10-11-18(4)15-19)23(31)27-16-21(30)34-8/h10-12,15,17,20,22H,9,13-14,16H2,1-8H3,(H,27,31)(H,28,33). The number of hydrogen-bond acceptors (Lipinski definition) is 6. The lowest BCUT2D eigenvalue weighted by molar-refractivity contribution is -0.145. The van der Waals surface area contributed by atoms with E-state index in [1.54, 1.807) is 26.8 Å². The number of aryl methyl sites for hydroxylation is 1. The molecule has 0 radical (unpaired) electrons. The van der Waals surface area contributed by atoms with Crippen molar-refractivity contribution in [2.75, 3.05) is 20.2 Å². The number of esters is 1. The molecule has 1 aromatic carbocycles. The molecule has 2 N–H and O–H groups in total. The van der Waals surface area contributed by atoms with Crippen LogP contribution in [0.15, 0.2) is 24.3 Å². The summed E-state index contributed by atoms with van der Waals surface area (Å²) in [5.74, 6) is -1.42. The number of carbonyl (C=O) groups excluding carboxylic acids is 4. The van der Waals surface area contributed by atoms with Gasteiger partial charge in [0.15, 0.2) is 0 Å². The predicted molar refractivity (Wildman–Crippen MR) is 134 cm³/mol. The minimum atomic E-state index is -0.998. The van der Waals surface area contributed by atoms with Crippen LogP contribution in [0.3, 0.4) is 0 Å². The zero-order chi connectivity index (χ0) is 26.8. The van der Waals surface area contributed by atoms with Crippen LogP contribution in [0, 0.1) is 12.8 Å². The molecule has 0 saturated carbocycles. The van der Waals surface area contributed by atoms with Crippen LogP contribution in [0.1, 0.15) is 71.6 Å². The Balaban J connectivity index is 3.40. The molecular formula is C26H41N3O6. The van der Waals surface area contributed by atoms with Gasteiger partial charge in [0.2, 0.25) is 11.8 Å². The molecule has 1 aromatic rings. The lowest BCUT2D eigenvalue weighted by atomic mass is 9.98. The fourth-order valence-corrected chi connectivity index (χ4v) is 3.59. The average molecular weight is 492 g/mol. The van der Waals surface area contributed by atoms with Crippen molar-refractivity contribution in [3.8, 4) is 0 Å². The van der Waals surface area contributed by atoms with Gasteiger partial charge in [-0.15, -0.1) is 0 Å². The summed E-state index contributed by atoms with van der Waals surface area (Å²) in [5, 5.41) is 5.28. The fraction of sp³-hybridized carbons (Fsp3) is 0.615. The first kappa shape index (κ1) is 29.9. The van der Waals surface area contributed by atoms with Gasteiger partial charge in [-0.3, -0.25) is 14.4 Å². The van der Waals surface area contributed by atoms with E-state index >= 15 is 0 Å². The Morgan fingerprint density at radius 3 is 2.29 bits per heavy atom. The van der Waals surface area contributed by atoms with Gasteiger partial charge in [-0.2, -0.15) is 0 Å². The van der Waals surface area contributed by atoms with Gasteiger partial charge in [0, 0.05) is 6.54 Å². The molecule has 35 heavy (non-hydrogen) atoms. The molecule has 0 bridgehead atoms. The Kier molecular flexibility index (Phi) is 11.7. The number of carbonyl (C=O) groups is 4. The third kappa shape index (κ3) is 10.4. The van der Waals surface area contributed by atoms with Crippen LogP contribution < -0.4 is 10.6 Å². The first-order valence-electron chi connectivity index (χ1n) is 12.0. The number of hydrogen-bond donors (Lipinski definition) is 2. The summed E-state index contributed by atoms with van der Waals surface area (Å²) in [6.45, 7) is 12.9. The summed E-state index contributed by atoms with van der Waals surface area (Å²) >= 11 is 0. The van der Waals surface area contributed by atoms with E-state index in [9.17, 15) is 19.2 Å². The number of ether oxygens (including phenoxy) is 2. The van der Waals surface area contributed by atoms with Crippen molar-refractivity contribution in [2.45, 2.75) is 79.0 Å². The van der Waals surface area contributed by atoms with Gasteiger partial charge in [-0.05, 0) is 52.0 Å². The maximum atomic E-state index is 13.9. The maximum Gasteiger partial charge on any atom is 0.408 e. The van der Waals surface area contributed by atoms with Gasteiger partial charge in [0.25, 0.3) is 0 Å². The smallest absolute Gasteiger partial charge is 0.408 e. The van der Waals surface area contributed by atoms with Gasteiger partial charge in [-0.25, -0.2) is 4.79 Å². The minimum absolute atomic E-state index is 0.0907. The summed E-state index contributed by atoms with van der Waals surface area (Å²) < 4.78 is 10.0. The van der Waals surface area contributed by atoms with E-state index < -0.39 is 41.6 Å². The summed E-state index contributed by atoms with van der Waals surface area (Å²) in [5.41, 5.74) is 0.800. The number of benzene rings is 1. The van der Waals surface area contributed by atoms with Crippen LogP contribution >= 0.6 is 0 Å². The summed E-state index contributed by atoms with van der Waals surface area (Å²) in [4.78, 5) is 52.8. The molecule has 0 heterocycles. The maximum absolute atomic E-state index is 13.9. The predicted octanol–water partition coefficient (Wildman–Crippen LogP) is 3.50. The number of alkyl carbamates (subject to hydrolysis) is 1. The second kappa shape index (κ2) is 13.7. The number of nitrogens with zero attached hydrogens (tertiary/aromatic N) is 1. The lowest BCUT2D eigenvalue weighted by Crippen LogP contribution is -2.53. The highest BCUT2D eigenvalue weighted by Crippen LogP contribution is 2.25. The number of methoxy groups -OCH3 is 1. The van der Waals surface area contributed by atoms with Crippen LogP contribution in [0.4, 0.5) is 4.79 Å². The monoisotopic (exact) mass is 491 g/mol. The molecule has 0 fully saturated rings. The van der Waals surface area contributed by atoms with E-state index in [0.717, 1.165) is 5.56 Å². The largest absolute Gasteiger partial charge is 0.468 e. The molecule has 0 saturated heterocycles. The normalized spacial score (nSPS) is 12.9. The molecule has 196 valence electrons. The van der Waals surface area contributed by atoms with E-state index in [2.05, 4.69) is 15.4 Å². The first-order chi connectivity index (χ1) is 16.3. The highest BCUT2D eigenvalue weighted by atomic mass is 16.6. The van der Waals surface area contributed by atoms with E-state index in [1.807, 2.05) is 45.9 Å². The van der Waals surface area contributed by atoms with Gasteiger partial charge in [0.1, 0.15) is 24.2 Å². The van der Waals surface area contributed by atoms with Gasteiger partial charge in [-0.1, -0.05) is 50.6 Å². The highest BCUT2D eigenvalue weighted by Gasteiger charge is 2.36. The SMILES string of the molecule is CCCN(C(=O)C(CC(C)C)NC(=O)OC(C)(C)C)C(C(=O)NCC(=O)OC)c1cccc(C)c1. The average Bonchev–Trinajstić information content (AvgIpc) is 2.74. The van der Waals surface area contributed by atoms with E-state index in [4.69, 9.17) is 4.74 Å². The van der Waals surface area contributed by atoms with Crippen LogP contribution in [0.2, 0.25) is 0 Å². The third-order valence-corrected chi connectivity index (χ3v) is 5.00. The zero-order valence-corrected chi connectivity index (χ0v) is 22.3. The molecule has 0 aliphatic rings. The zero-order valence-electron chi connectivity index (χ0n) is 22.3. The second-order valence-electron chi connectivity index (χ2n) is 9.97. The van der Waals surface area contributed by atoms with E-state index in [1.165, 1.54) is 12.0 Å². The van der Waals surface area contributed by atoms with E-state index in [0.29, 0.717) is 18.4 Å². The summed E-state index contributed by atoms with van der Waals surface area (Å²) in [7, 11) is 1.23. The molecule has 2 unspecified atom stereocenters. The Bertz CT molecular complexity index is 878. The molecule has 2 atom stereocenters. The fourth-order valence-electron chi connectivity index (χ4n) is 3.59. The van der Waals surface area contributed by atoms with Crippen molar-refractivity contribution < 1.29 is 28.7 Å². The van der Waals surface area contributed by atoms with Crippen LogP contribution in [-0.4, -0.2) is 60.6 Å². The van der Waals surface area contributed by atoms with Crippen LogP contribution in [0.25, 0.3) is 0 Å².